The maximum atomic E-state index is 12.5. The van der Waals surface area contributed by atoms with Gasteiger partial charge >= 0.3 is 0 Å². The largest absolute Gasteiger partial charge is 0.493 e. The molecule has 5 heteroatoms. The molecule has 3 rings (SSSR count). The van der Waals surface area contributed by atoms with Crippen LogP contribution in [0.25, 0.3) is 0 Å². The molecule has 0 fully saturated rings. The van der Waals surface area contributed by atoms with Crippen LogP contribution in [0.1, 0.15) is 27.0 Å². The summed E-state index contributed by atoms with van der Waals surface area (Å²) in [5.74, 6) is 1.10. The molecule has 0 spiro atoms. The molecule has 1 aliphatic rings. The molecular weight excluding hydrogens is 292 g/mol. The summed E-state index contributed by atoms with van der Waals surface area (Å²) in [6.45, 7) is 3.60. The highest BCUT2D eigenvalue weighted by Crippen LogP contribution is 2.33. The van der Waals surface area contributed by atoms with Gasteiger partial charge in [-0.3, -0.25) is 4.79 Å². The zero-order valence-corrected chi connectivity index (χ0v) is 13.5. The van der Waals surface area contributed by atoms with E-state index in [0.29, 0.717) is 22.7 Å². The highest BCUT2D eigenvalue weighted by molar-refractivity contribution is 6.05. The standard InChI is InChI=1S/C18H20N2O3/c1-11-6-16(22-2)17(23-3)8-15(11)20-18(21)12-4-5-13-9-19-10-14(13)7-12/h4-8,19H,9-10H2,1-3H3,(H,20,21). The van der Waals surface area contributed by atoms with Crippen molar-refractivity contribution in [1.82, 2.24) is 5.32 Å². The molecule has 2 N–H and O–H groups in total. The number of aryl methyl sites for hydroxylation is 1. The quantitative estimate of drug-likeness (QED) is 0.911. The average molecular weight is 312 g/mol. The fraction of sp³-hybridized carbons (Fsp3) is 0.278. The normalized spacial score (nSPS) is 12.7. The van der Waals surface area contributed by atoms with Crippen molar-refractivity contribution in [1.29, 1.82) is 0 Å². The van der Waals surface area contributed by atoms with Gasteiger partial charge in [0, 0.05) is 30.4 Å². The van der Waals surface area contributed by atoms with Crippen molar-refractivity contribution in [3.05, 3.63) is 52.6 Å². The molecule has 0 saturated carbocycles. The van der Waals surface area contributed by atoms with Crippen LogP contribution >= 0.6 is 0 Å². The Hall–Kier alpha value is -2.53. The van der Waals surface area contributed by atoms with Gasteiger partial charge in [-0.25, -0.2) is 0 Å². The number of rotatable bonds is 4. The molecule has 2 aromatic rings. The van der Waals surface area contributed by atoms with E-state index >= 15 is 0 Å². The van der Waals surface area contributed by atoms with Gasteiger partial charge in [-0.15, -0.1) is 0 Å². The van der Waals surface area contributed by atoms with Crippen molar-refractivity contribution >= 4 is 11.6 Å². The number of hydrogen-bond donors (Lipinski definition) is 2. The lowest BCUT2D eigenvalue weighted by atomic mass is 10.1. The molecule has 1 heterocycles. The van der Waals surface area contributed by atoms with Gasteiger partial charge in [-0.2, -0.15) is 0 Å². The lowest BCUT2D eigenvalue weighted by Crippen LogP contribution is -2.13. The van der Waals surface area contributed by atoms with E-state index in [1.807, 2.05) is 31.2 Å². The number of hydrogen-bond acceptors (Lipinski definition) is 4. The maximum Gasteiger partial charge on any atom is 0.255 e. The lowest BCUT2D eigenvalue weighted by Gasteiger charge is -2.14. The number of benzene rings is 2. The summed E-state index contributed by atoms with van der Waals surface area (Å²) in [7, 11) is 3.17. The molecule has 1 aliphatic heterocycles. The van der Waals surface area contributed by atoms with E-state index in [0.717, 1.165) is 18.7 Å². The first-order chi connectivity index (χ1) is 11.1. The second kappa shape index (κ2) is 6.30. The second-order valence-corrected chi connectivity index (χ2v) is 5.56. The van der Waals surface area contributed by atoms with Crippen LogP contribution in [0.4, 0.5) is 5.69 Å². The summed E-state index contributed by atoms with van der Waals surface area (Å²) in [5.41, 5.74) is 4.72. The Kier molecular flexibility index (Phi) is 4.21. The zero-order valence-electron chi connectivity index (χ0n) is 13.5. The highest BCUT2D eigenvalue weighted by Gasteiger charge is 2.15. The van der Waals surface area contributed by atoms with E-state index < -0.39 is 0 Å². The minimum atomic E-state index is -0.130. The Labute approximate surface area is 135 Å². The molecule has 0 saturated heterocycles. The van der Waals surface area contributed by atoms with Crippen LogP contribution in [0, 0.1) is 6.92 Å². The smallest absolute Gasteiger partial charge is 0.255 e. The third kappa shape index (κ3) is 3.00. The Balaban J connectivity index is 1.85. The van der Waals surface area contributed by atoms with Crippen LogP contribution < -0.4 is 20.1 Å². The molecule has 0 aromatic heterocycles. The Morgan fingerprint density at radius 1 is 1.04 bits per heavy atom. The third-order valence-electron chi connectivity index (χ3n) is 4.08. The molecule has 0 aliphatic carbocycles. The summed E-state index contributed by atoms with van der Waals surface area (Å²) < 4.78 is 10.6. The van der Waals surface area contributed by atoms with E-state index in [2.05, 4.69) is 10.6 Å². The van der Waals surface area contributed by atoms with E-state index in [-0.39, 0.29) is 5.91 Å². The molecule has 5 nitrogen and oxygen atoms in total. The third-order valence-corrected chi connectivity index (χ3v) is 4.08. The molecule has 0 unspecified atom stereocenters. The van der Waals surface area contributed by atoms with Crippen molar-refractivity contribution in [3.63, 3.8) is 0 Å². The molecule has 120 valence electrons. The van der Waals surface area contributed by atoms with Crippen molar-refractivity contribution in [2.75, 3.05) is 19.5 Å². The average Bonchev–Trinajstić information content (AvgIpc) is 3.03. The van der Waals surface area contributed by atoms with Crippen LogP contribution in [0.3, 0.4) is 0 Å². The predicted molar refractivity (Wildman–Crippen MR) is 89.2 cm³/mol. The van der Waals surface area contributed by atoms with E-state index in [1.165, 1.54) is 11.1 Å². The number of nitrogens with one attached hydrogen (secondary N) is 2. The van der Waals surface area contributed by atoms with Gasteiger partial charge in [0.1, 0.15) is 0 Å². The fourth-order valence-corrected chi connectivity index (χ4v) is 2.75. The topological polar surface area (TPSA) is 59.6 Å². The van der Waals surface area contributed by atoms with E-state index in [4.69, 9.17) is 9.47 Å². The summed E-state index contributed by atoms with van der Waals surface area (Å²) >= 11 is 0. The van der Waals surface area contributed by atoms with Gasteiger partial charge in [-0.05, 0) is 41.8 Å². The van der Waals surface area contributed by atoms with E-state index in [9.17, 15) is 4.79 Å². The number of ether oxygens (including phenoxy) is 2. The summed E-state index contributed by atoms with van der Waals surface area (Å²) in [6.07, 6.45) is 0. The van der Waals surface area contributed by atoms with Gasteiger partial charge < -0.3 is 20.1 Å². The predicted octanol–water partition coefficient (Wildman–Crippen LogP) is 2.87. The van der Waals surface area contributed by atoms with Crippen molar-refractivity contribution < 1.29 is 14.3 Å². The SMILES string of the molecule is COc1cc(C)c(NC(=O)c2ccc3c(c2)CNC3)cc1OC. The van der Waals surface area contributed by atoms with Gasteiger partial charge in [0.15, 0.2) is 11.5 Å². The monoisotopic (exact) mass is 312 g/mol. The molecule has 0 bridgehead atoms. The summed E-state index contributed by atoms with van der Waals surface area (Å²) in [4.78, 5) is 12.5. The van der Waals surface area contributed by atoms with Crippen molar-refractivity contribution in [2.24, 2.45) is 0 Å². The molecular formula is C18H20N2O3. The second-order valence-electron chi connectivity index (χ2n) is 5.56. The Bertz CT molecular complexity index is 756. The molecule has 23 heavy (non-hydrogen) atoms. The van der Waals surface area contributed by atoms with Gasteiger partial charge in [0.25, 0.3) is 5.91 Å². The molecule has 1 amide bonds. The molecule has 0 radical (unpaired) electrons. The van der Waals surface area contributed by atoms with Gasteiger partial charge in [0.2, 0.25) is 0 Å². The number of carbonyl (C=O) groups excluding carboxylic acids is 1. The first-order valence-electron chi connectivity index (χ1n) is 7.49. The fourth-order valence-electron chi connectivity index (χ4n) is 2.75. The van der Waals surface area contributed by atoms with Crippen LogP contribution in [0.15, 0.2) is 30.3 Å². The molecule has 0 atom stereocenters. The number of anilines is 1. The van der Waals surface area contributed by atoms with Crippen LogP contribution in [-0.2, 0) is 13.1 Å². The van der Waals surface area contributed by atoms with Crippen LogP contribution in [0.2, 0.25) is 0 Å². The minimum Gasteiger partial charge on any atom is -0.493 e. The van der Waals surface area contributed by atoms with Crippen molar-refractivity contribution in [2.45, 2.75) is 20.0 Å². The lowest BCUT2D eigenvalue weighted by molar-refractivity contribution is 0.102. The van der Waals surface area contributed by atoms with Crippen molar-refractivity contribution in [3.8, 4) is 11.5 Å². The Morgan fingerprint density at radius 2 is 1.74 bits per heavy atom. The number of fused-ring (bicyclic) bond motifs is 1. The first kappa shape index (κ1) is 15.4. The Morgan fingerprint density at radius 3 is 2.48 bits per heavy atom. The van der Waals surface area contributed by atoms with Gasteiger partial charge in [-0.1, -0.05) is 6.07 Å². The molecule has 2 aromatic carbocycles. The first-order valence-corrected chi connectivity index (χ1v) is 7.49. The summed E-state index contributed by atoms with van der Waals surface area (Å²) in [6, 6.07) is 9.44. The number of carbonyl (C=O) groups is 1. The minimum absolute atomic E-state index is 0.130. The highest BCUT2D eigenvalue weighted by atomic mass is 16.5. The number of amides is 1. The summed E-state index contributed by atoms with van der Waals surface area (Å²) in [5, 5.41) is 6.23. The zero-order chi connectivity index (χ0) is 16.4. The number of methoxy groups -OCH3 is 2. The van der Waals surface area contributed by atoms with Crippen LogP contribution in [0.5, 0.6) is 11.5 Å². The van der Waals surface area contributed by atoms with Gasteiger partial charge in [0.05, 0.1) is 14.2 Å². The van der Waals surface area contributed by atoms with Crippen LogP contribution in [-0.4, -0.2) is 20.1 Å². The maximum absolute atomic E-state index is 12.5. The van der Waals surface area contributed by atoms with E-state index in [1.54, 1.807) is 20.3 Å².